The van der Waals surface area contributed by atoms with Gasteiger partial charge in [0.15, 0.2) is 0 Å². The predicted molar refractivity (Wildman–Crippen MR) is 121 cm³/mol. The van der Waals surface area contributed by atoms with Crippen LogP contribution in [0.2, 0.25) is 0 Å². The molecule has 166 valence electrons. The lowest BCUT2D eigenvalue weighted by Crippen LogP contribution is -2.44. The van der Waals surface area contributed by atoms with Gasteiger partial charge < -0.3 is 10.2 Å². The molecule has 31 heavy (non-hydrogen) atoms. The third kappa shape index (κ3) is 4.39. The van der Waals surface area contributed by atoms with E-state index in [0.29, 0.717) is 24.2 Å². The lowest BCUT2D eigenvalue weighted by atomic mass is 9.95. The normalized spacial score (nSPS) is 22.6. The molecule has 0 radical (unpaired) electrons. The first kappa shape index (κ1) is 21.6. The Hall–Kier alpha value is -2.63. The van der Waals surface area contributed by atoms with Crippen molar-refractivity contribution in [3.05, 3.63) is 42.0 Å². The average molecular weight is 424 g/mol. The molecule has 2 heterocycles. The number of amides is 3. The SMILES string of the molecule is C=CCNC(=O)[C@H]1CCCN(c2cccc3c2C(=O)N(C2CCCCCCC2)C3=O)C1. The van der Waals surface area contributed by atoms with Crippen LogP contribution in [0.3, 0.4) is 0 Å². The fourth-order valence-electron chi connectivity index (χ4n) is 5.30. The highest BCUT2D eigenvalue weighted by molar-refractivity contribution is 6.24. The van der Waals surface area contributed by atoms with Crippen LogP contribution in [-0.4, -0.2) is 48.3 Å². The van der Waals surface area contributed by atoms with Crippen molar-refractivity contribution in [1.29, 1.82) is 0 Å². The van der Waals surface area contributed by atoms with Gasteiger partial charge in [-0.1, -0.05) is 44.2 Å². The molecule has 0 spiro atoms. The van der Waals surface area contributed by atoms with Gasteiger partial charge in [-0.25, -0.2) is 0 Å². The van der Waals surface area contributed by atoms with E-state index in [1.807, 2.05) is 12.1 Å². The maximum Gasteiger partial charge on any atom is 0.263 e. The second kappa shape index (κ2) is 9.67. The van der Waals surface area contributed by atoms with Crippen LogP contribution < -0.4 is 10.2 Å². The Morgan fingerprint density at radius 1 is 1.03 bits per heavy atom. The molecule has 0 aromatic heterocycles. The average Bonchev–Trinajstić information content (AvgIpc) is 3.02. The summed E-state index contributed by atoms with van der Waals surface area (Å²) in [6.07, 6.45) is 10.9. The molecule has 4 rings (SSSR count). The molecule has 2 aliphatic heterocycles. The number of piperidine rings is 1. The molecule has 1 aromatic rings. The minimum Gasteiger partial charge on any atom is -0.370 e. The van der Waals surface area contributed by atoms with E-state index in [1.54, 1.807) is 12.1 Å². The van der Waals surface area contributed by atoms with Crippen molar-refractivity contribution in [3.8, 4) is 0 Å². The van der Waals surface area contributed by atoms with Crippen LogP contribution in [0.15, 0.2) is 30.9 Å². The maximum atomic E-state index is 13.5. The van der Waals surface area contributed by atoms with Crippen molar-refractivity contribution in [2.45, 2.75) is 63.8 Å². The monoisotopic (exact) mass is 423 g/mol. The van der Waals surface area contributed by atoms with E-state index in [9.17, 15) is 14.4 Å². The highest BCUT2D eigenvalue weighted by Crippen LogP contribution is 2.36. The Morgan fingerprint density at radius 2 is 1.77 bits per heavy atom. The molecule has 0 bridgehead atoms. The third-order valence-electron chi connectivity index (χ3n) is 6.92. The fourth-order valence-corrected chi connectivity index (χ4v) is 5.30. The summed E-state index contributed by atoms with van der Waals surface area (Å²) >= 11 is 0. The number of rotatable bonds is 5. The van der Waals surface area contributed by atoms with Crippen molar-refractivity contribution in [2.75, 3.05) is 24.5 Å². The van der Waals surface area contributed by atoms with Crippen LogP contribution in [0.25, 0.3) is 0 Å². The zero-order valence-electron chi connectivity index (χ0n) is 18.3. The summed E-state index contributed by atoms with van der Waals surface area (Å²) in [6.45, 7) is 5.45. The molecule has 1 atom stereocenters. The Morgan fingerprint density at radius 3 is 2.52 bits per heavy atom. The minimum atomic E-state index is -0.153. The van der Waals surface area contributed by atoms with Crippen molar-refractivity contribution >= 4 is 23.4 Å². The summed E-state index contributed by atoms with van der Waals surface area (Å²) < 4.78 is 0. The lowest BCUT2D eigenvalue weighted by Gasteiger charge is -2.34. The third-order valence-corrected chi connectivity index (χ3v) is 6.92. The van der Waals surface area contributed by atoms with Gasteiger partial charge in [0.2, 0.25) is 5.91 Å². The Kier molecular flexibility index (Phi) is 6.73. The van der Waals surface area contributed by atoms with Crippen molar-refractivity contribution in [3.63, 3.8) is 0 Å². The zero-order chi connectivity index (χ0) is 21.8. The quantitative estimate of drug-likeness (QED) is 0.576. The van der Waals surface area contributed by atoms with Crippen LogP contribution in [0.5, 0.6) is 0 Å². The van der Waals surface area contributed by atoms with Crippen LogP contribution in [0.1, 0.15) is 78.5 Å². The van der Waals surface area contributed by atoms with E-state index < -0.39 is 0 Å². The number of hydrogen-bond donors (Lipinski definition) is 1. The summed E-state index contributed by atoms with van der Waals surface area (Å²) in [7, 11) is 0. The van der Waals surface area contributed by atoms with Crippen molar-refractivity contribution in [1.82, 2.24) is 10.2 Å². The minimum absolute atomic E-state index is 0.000615. The number of hydrogen-bond acceptors (Lipinski definition) is 4. The van der Waals surface area contributed by atoms with E-state index >= 15 is 0 Å². The molecule has 3 aliphatic rings. The molecule has 1 N–H and O–H groups in total. The number of carbonyl (C=O) groups is 3. The second-order valence-electron chi connectivity index (χ2n) is 9.00. The van der Waals surface area contributed by atoms with Crippen molar-refractivity contribution < 1.29 is 14.4 Å². The van der Waals surface area contributed by atoms with Gasteiger partial charge in [-0.2, -0.15) is 0 Å². The highest BCUT2D eigenvalue weighted by atomic mass is 16.2. The molecule has 2 fully saturated rings. The van der Waals surface area contributed by atoms with E-state index in [0.717, 1.165) is 50.8 Å². The first-order valence-corrected chi connectivity index (χ1v) is 11.8. The van der Waals surface area contributed by atoms with Gasteiger partial charge in [-0.15, -0.1) is 6.58 Å². The van der Waals surface area contributed by atoms with Crippen LogP contribution in [0.4, 0.5) is 5.69 Å². The molecule has 3 amide bonds. The molecule has 1 saturated heterocycles. The number of nitrogens with zero attached hydrogens (tertiary/aromatic N) is 2. The summed E-state index contributed by atoms with van der Waals surface area (Å²) in [5.74, 6) is -0.404. The fraction of sp³-hybridized carbons (Fsp3) is 0.560. The zero-order valence-corrected chi connectivity index (χ0v) is 18.3. The number of nitrogens with one attached hydrogen (secondary N) is 1. The first-order chi connectivity index (χ1) is 15.1. The van der Waals surface area contributed by atoms with Gasteiger partial charge in [0, 0.05) is 25.7 Å². The number of carbonyl (C=O) groups excluding carboxylic acids is 3. The Bertz CT molecular complexity index is 858. The summed E-state index contributed by atoms with van der Waals surface area (Å²) in [4.78, 5) is 42.9. The Balaban J connectivity index is 1.57. The predicted octanol–water partition coefficient (Wildman–Crippen LogP) is 3.91. The van der Waals surface area contributed by atoms with Gasteiger partial charge in [0.05, 0.1) is 22.7 Å². The largest absolute Gasteiger partial charge is 0.370 e. The van der Waals surface area contributed by atoms with Crippen LogP contribution in [-0.2, 0) is 4.79 Å². The molecule has 6 heteroatoms. The molecule has 0 unspecified atom stereocenters. The van der Waals surface area contributed by atoms with E-state index in [1.165, 1.54) is 24.2 Å². The van der Waals surface area contributed by atoms with E-state index in [2.05, 4.69) is 16.8 Å². The second-order valence-corrected chi connectivity index (χ2v) is 9.00. The molecule has 1 saturated carbocycles. The van der Waals surface area contributed by atoms with Gasteiger partial charge in [0.1, 0.15) is 0 Å². The summed E-state index contributed by atoms with van der Waals surface area (Å²) in [6, 6.07) is 5.57. The lowest BCUT2D eigenvalue weighted by molar-refractivity contribution is -0.125. The van der Waals surface area contributed by atoms with Gasteiger partial charge >= 0.3 is 0 Å². The van der Waals surface area contributed by atoms with Gasteiger partial charge in [0.25, 0.3) is 11.8 Å². The summed E-state index contributed by atoms with van der Waals surface area (Å²) in [5, 5.41) is 2.89. The van der Waals surface area contributed by atoms with Crippen LogP contribution >= 0.6 is 0 Å². The van der Waals surface area contributed by atoms with Gasteiger partial charge in [-0.3, -0.25) is 19.3 Å². The molecular formula is C25H33N3O3. The number of imide groups is 1. The Labute approximate surface area is 184 Å². The van der Waals surface area contributed by atoms with E-state index in [-0.39, 0.29) is 29.7 Å². The molecule has 6 nitrogen and oxygen atoms in total. The topological polar surface area (TPSA) is 69.7 Å². The molecule has 1 aromatic carbocycles. The highest BCUT2D eigenvalue weighted by Gasteiger charge is 2.42. The molecular weight excluding hydrogens is 390 g/mol. The van der Waals surface area contributed by atoms with Crippen molar-refractivity contribution in [2.24, 2.45) is 5.92 Å². The maximum absolute atomic E-state index is 13.5. The smallest absolute Gasteiger partial charge is 0.263 e. The molecule has 1 aliphatic carbocycles. The number of anilines is 1. The number of fused-ring (bicyclic) bond motifs is 1. The summed E-state index contributed by atoms with van der Waals surface area (Å²) in [5.41, 5.74) is 1.84. The van der Waals surface area contributed by atoms with E-state index in [4.69, 9.17) is 0 Å². The standard InChI is InChI=1S/C25H33N3O3/c1-2-15-26-23(29)18-10-9-16-27(17-18)21-14-8-13-20-22(21)25(31)28(24(20)30)19-11-6-4-3-5-7-12-19/h2,8,13-14,18-19H,1,3-7,9-12,15-17H2,(H,26,29)/t18-/m0/s1. The van der Waals surface area contributed by atoms with Crippen LogP contribution in [0, 0.1) is 5.92 Å². The first-order valence-electron chi connectivity index (χ1n) is 11.8. The number of benzene rings is 1. The van der Waals surface area contributed by atoms with Gasteiger partial charge in [-0.05, 0) is 37.8 Å².